The van der Waals surface area contributed by atoms with E-state index in [1.807, 2.05) is 30.3 Å². The zero-order chi connectivity index (χ0) is 17.0. The highest BCUT2D eigenvalue weighted by Crippen LogP contribution is 2.25. The van der Waals surface area contributed by atoms with E-state index >= 15 is 0 Å². The van der Waals surface area contributed by atoms with E-state index in [-0.39, 0.29) is 11.7 Å². The Balaban J connectivity index is 2.05. The van der Waals surface area contributed by atoms with Crippen LogP contribution in [0.2, 0.25) is 0 Å². The van der Waals surface area contributed by atoms with Gasteiger partial charge in [0.25, 0.3) is 0 Å². The summed E-state index contributed by atoms with van der Waals surface area (Å²) in [4.78, 5) is 16.7. The van der Waals surface area contributed by atoms with E-state index in [1.54, 1.807) is 11.9 Å². The van der Waals surface area contributed by atoms with Crippen molar-refractivity contribution in [3.05, 3.63) is 35.9 Å². The van der Waals surface area contributed by atoms with E-state index in [0.717, 1.165) is 12.1 Å². The van der Waals surface area contributed by atoms with Crippen molar-refractivity contribution >= 4 is 15.7 Å². The molecule has 0 spiro atoms. The first-order valence-corrected chi connectivity index (χ1v) is 10.0. The second-order valence-corrected chi connectivity index (χ2v) is 8.71. The largest absolute Gasteiger partial charge is 0.344 e. The molecular formula is C17H26N2O3S. The van der Waals surface area contributed by atoms with Crippen LogP contribution in [0.15, 0.2) is 30.3 Å². The van der Waals surface area contributed by atoms with E-state index in [2.05, 4.69) is 11.9 Å². The van der Waals surface area contributed by atoms with Crippen LogP contribution in [0.1, 0.15) is 24.3 Å². The van der Waals surface area contributed by atoms with E-state index in [0.29, 0.717) is 12.6 Å². The monoisotopic (exact) mass is 338 g/mol. The lowest BCUT2D eigenvalue weighted by Gasteiger charge is -2.26. The third kappa shape index (κ3) is 5.62. The SMILES string of the molecule is CN(CCN(C)C1CC1)C(=O)[C@@H](CS(C)(=O)=O)c1ccccc1. The van der Waals surface area contributed by atoms with E-state index in [4.69, 9.17) is 0 Å². The van der Waals surface area contributed by atoms with Gasteiger partial charge in [-0.05, 0) is 25.5 Å². The topological polar surface area (TPSA) is 57.7 Å². The highest BCUT2D eigenvalue weighted by Gasteiger charge is 2.29. The van der Waals surface area contributed by atoms with Gasteiger partial charge < -0.3 is 9.80 Å². The van der Waals surface area contributed by atoms with Crippen LogP contribution in [-0.4, -0.2) is 69.4 Å². The van der Waals surface area contributed by atoms with E-state index in [9.17, 15) is 13.2 Å². The minimum absolute atomic E-state index is 0.133. The second kappa shape index (κ2) is 7.45. The number of rotatable bonds is 8. The number of benzene rings is 1. The normalized spacial score (nSPS) is 16.3. The van der Waals surface area contributed by atoms with Crippen molar-refractivity contribution in [2.45, 2.75) is 24.8 Å². The lowest BCUT2D eigenvalue weighted by atomic mass is 10.00. The Labute approximate surface area is 139 Å². The molecule has 0 saturated heterocycles. The van der Waals surface area contributed by atoms with Gasteiger partial charge in [0, 0.05) is 32.4 Å². The van der Waals surface area contributed by atoms with Crippen LogP contribution in [0.3, 0.4) is 0 Å². The lowest BCUT2D eigenvalue weighted by molar-refractivity contribution is -0.131. The second-order valence-electron chi connectivity index (χ2n) is 6.53. The van der Waals surface area contributed by atoms with Gasteiger partial charge in [-0.2, -0.15) is 0 Å². The first-order valence-electron chi connectivity index (χ1n) is 7.96. The minimum atomic E-state index is -3.24. The molecule has 0 N–H and O–H groups in total. The summed E-state index contributed by atoms with van der Waals surface area (Å²) in [6.07, 6.45) is 3.64. The first kappa shape index (κ1) is 17.9. The molecule has 1 saturated carbocycles. The Bertz CT molecular complexity index is 626. The van der Waals surface area contributed by atoms with Crippen molar-refractivity contribution < 1.29 is 13.2 Å². The molecule has 0 aromatic heterocycles. The van der Waals surface area contributed by atoms with Crippen molar-refractivity contribution in [1.82, 2.24) is 9.80 Å². The van der Waals surface area contributed by atoms with Crippen molar-refractivity contribution in [3.8, 4) is 0 Å². The number of likely N-dealkylation sites (N-methyl/N-ethyl adjacent to an activating group) is 2. The average molecular weight is 338 g/mol. The smallest absolute Gasteiger partial charge is 0.230 e. The quantitative estimate of drug-likeness (QED) is 0.718. The van der Waals surface area contributed by atoms with Gasteiger partial charge in [0.2, 0.25) is 5.91 Å². The highest BCUT2D eigenvalue weighted by atomic mass is 32.2. The molecule has 1 amide bonds. The summed E-state index contributed by atoms with van der Waals surface area (Å²) in [7, 11) is 0.579. The zero-order valence-corrected chi connectivity index (χ0v) is 14.9. The van der Waals surface area contributed by atoms with Gasteiger partial charge in [-0.25, -0.2) is 8.42 Å². The molecule has 2 rings (SSSR count). The maximum absolute atomic E-state index is 12.8. The first-order chi connectivity index (χ1) is 10.8. The van der Waals surface area contributed by atoms with Crippen LogP contribution < -0.4 is 0 Å². The average Bonchev–Trinajstić information content (AvgIpc) is 3.34. The summed E-state index contributed by atoms with van der Waals surface area (Å²) >= 11 is 0. The fourth-order valence-corrected chi connectivity index (χ4v) is 3.62. The summed E-state index contributed by atoms with van der Waals surface area (Å²) in [6, 6.07) is 9.81. The Hall–Kier alpha value is -1.40. The number of hydrogen-bond acceptors (Lipinski definition) is 4. The number of carbonyl (C=O) groups excluding carboxylic acids is 1. The van der Waals surface area contributed by atoms with E-state index < -0.39 is 15.8 Å². The predicted molar refractivity (Wildman–Crippen MR) is 92.2 cm³/mol. The molecule has 0 heterocycles. The number of nitrogens with zero attached hydrogens (tertiary/aromatic N) is 2. The van der Waals surface area contributed by atoms with Crippen molar-refractivity contribution in [3.63, 3.8) is 0 Å². The molecule has 23 heavy (non-hydrogen) atoms. The summed E-state index contributed by atoms with van der Waals surface area (Å²) in [5, 5.41) is 0. The standard InChI is InChI=1S/C17H26N2O3S/c1-18(15-9-10-15)11-12-19(2)17(20)16(13-23(3,21)22)14-7-5-4-6-8-14/h4-8,15-16H,9-13H2,1-3H3/t16-/m0/s1. The van der Waals surface area contributed by atoms with Crippen molar-refractivity contribution in [1.29, 1.82) is 0 Å². The molecule has 1 aliphatic carbocycles. The molecule has 5 nitrogen and oxygen atoms in total. The van der Waals surface area contributed by atoms with Crippen LogP contribution in [0.5, 0.6) is 0 Å². The zero-order valence-electron chi connectivity index (χ0n) is 14.1. The third-order valence-corrected chi connectivity index (χ3v) is 5.24. The van der Waals surface area contributed by atoms with Gasteiger partial charge in [0.15, 0.2) is 0 Å². The van der Waals surface area contributed by atoms with Crippen LogP contribution in [0, 0.1) is 0 Å². The number of hydrogen-bond donors (Lipinski definition) is 0. The van der Waals surface area contributed by atoms with Gasteiger partial charge in [0.1, 0.15) is 9.84 Å². The molecule has 0 unspecified atom stereocenters. The van der Waals surface area contributed by atoms with Gasteiger partial charge in [-0.1, -0.05) is 30.3 Å². The lowest BCUT2D eigenvalue weighted by Crippen LogP contribution is -2.39. The Morgan fingerprint density at radius 2 is 1.78 bits per heavy atom. The predicted octanol–water partition coefficient (Wildman–Crippen LogP) is 1.37. The van der Waals surface area contributed by atoms with Gasteiger partial charge in [0.05, 0.1) is 11.7 Å². The van der Waals surface area contributed by atoms with Gasteiger partial charge in [-0.15, -0.1) is 0 Å². The molecule has 1 aromatic rings. The molecule has 1 atom stereocenters. The number of amides is 1. The molecule has 0 radical (unpaired) electrons. The molecule has 0 aliphatic heterocycles. The van der Waals surface area contributed by atoms with Crippen LogP contribution in [0.4, 0.5) is 0 Å². The summed E-state index contributed by atoms with van der Waals surface area (Å²) in [5.74, 6) is -0.924. The minimum Gasteiger partial charge on any atom is -0.344 e. The molecule has 128 valence electrons. The fraction of sp³-hybridized carbons (Fsp3) is 0.588. The molecule has 1 fully saturated rings. The van der Waals surface area contributed by atoms with Crippen LogP contribution in [-0.2, 0) is 14.6 Å². The third-order valence-electron chi connectivity index (χ3n) is 4.30. The van der Waals surface area contributed by atoms with Gasteiger partial charge in [-0.3, -0.25) is 4.79 Å². The summed E-state index contributed by atoms with van der Waals surface area (Å²) in [5.41, 5.74) is 0.755. The Morgan fingerprint density at radius 3 is 2.30 bits per heavy atom. The molecule has 6 heteroatoms. The van der Waals surface area contributed by atoms with Crippen molar-refractivity contribution in [2.24, 2.45) is 0 Å². The van der Waals surface area contributed by atoms with Crippen molar-refractivity contribution in [2.75, 3.05) is 39.2 Å². The Morgan fingerprint density at radius 1 is 1.17 bits per heavy atom. The Kier molecular flexibility index (Phi) is 5.81. The highest BCUT2D eigenvalue weighted by molar-refractivity contribution is 7.90. The summed E-state index contributed by atoms with van der Waals surface area (Å²) < 4.78 is 23.5. The molecule has 1 aromatic carbocycles. The maximum atomic E-state index is 12.8. The number of sulfone groups is 1. The molecular weight excluding hydrogens is 312 g/mol. The summed E-state index contributed by atoms with van der Waals surface area (Å²) in [6.45, 7) is 1.42. The molecule has 1 aliphatic rings. The van der Waals surface area contributed by atoms with E-state index in [1.165, 1.54) is 19.1 Å². The maximum Gasteiger partial charge on any atom is 0.230 e. The van der Waals surface area contributed by atoms with Crippen LogP contribution in [0.25, 0.3) is 0 Å². The molecule has 0 bridgehead atoms. The van der Waals surface area contributed by atoms with Gasteiger partial charge >= 0.3 is 0 Å². The fourth-order valence-electron chi connectivity index (χ4n) is 2.68. The van der Waals surface area contributed by atoms with Crippen LogP contribution >= 0.6 is 0 Å². The number of carbonyl (C=O) groups is 1.